The van der Waals surface area contributed by atoms with Gasteiger partial charge in [-0.05, 0) is 48.4 Å². The van der Waals surface area contributed by atoms with Gasteiger partial charge in [0.25, 0.3) is 11.7 Å². The number of hydrogen-bond donors (Lipinski definition) is 1. The number of hydrogen-bond acceptors (Lipinski definition) is 7. The van der Waals surface area contributed by atoms with Crippen molar-refractivity contribution in [3.8, 4) is 5.75 Å². The van der Waals surface area contributed by atoms with E-state index >= 15 is 0 Å². The third-order valence-electron chi connectivity index (χ3n) is 6.85. The topological polar surface area (TPSA) is 82.5 Å². The van der Waals surface area contributed by atoms with E-state index in [1.165, 1.54) is 0 Å². The first kappa shape index (κ1) is 26.4. The Hall–Kier alpha value is -3.62. The number of likely N-dealkylation sites (tertiary alicyclic amines) is 1. The number of ether oxygens (including phenoxy) is 2. The first-order valence-corrected chi connectivity index (χ1v) is 12.5. The number of carbonyl (C=O) groups excluding carboxylic acids is 2. The number of rotatable bonds is 9. The summed E-state index contributed by atoms with van der Waals surface area (Å²) in [4.78, 5) is 32.5. The van der Waals surface area contributed by atoms with Crippen molar-refractivity contribution >= 4 is 23.1 Å². The smallest absolute Gasteiger partial charge is 0.295 e. The van der Waals surface area contributed by atoms with E-state index in [2.05, 4.69) is 11.5 Å². The highest BCUT2D eigenvalue weighted by Gasteiger charge is 2.46. The highest BCUT2D eigenvalue weighted by Crippen LogP contribution is 2.40. The lowest BCUT2D eigenvalue weighted by molar-refractivity contribution is -0.140. The molecule has 2 saturated heterocycles. The molecule has 0 radical (unpaired) electrons. The van der Waals surface area contributed by atoms with Crippen LogP contribution < -0.4 is 9.64 Å². The molecular formula is C29H35N3O5. The Morgan fingerprint density at radius 2 is 1.84 bits per heavy atom. The highest BCUT2D eigenvalue weighted by molar-refractivity contribution is 6.46. The Balaban J connectivity index is 1.73. The third kappa shape index (κ3) is 5.70. The Morgan fingerprint density at radius 3 is 2.46 bits per heavy atom. The van der Waals surface area contributed by atoms with Crippen molar-refractivity contribution in [2.45, 2.75) is 13.0 Å². The molecule has 2 aliphatic rings. The summed E-state index contributed by atoms with van der Waals surface area (Å²) in [5, 5.41) is 11.5. The zero-order valence-corrected chi connectivity index (χ0v) is 21.8. The number of nitrogens with zero attached hydrogens (tertiary/aromatic N) is 3. The summed E-state index contributed by atoms with van der Waals surface area (Å²) in [5.74, 6) is -0.815. The fraction of sp³-hybridized carbons (Fsp3) is 0.379. The van der Waals surface area contributed by atoms with Crippen LogP contribution in [0.2, 0.25) is 0 Å². The second-order valence-corrected chi connectivity index (χ2v) is 9.51. The van der Waals surface area contributed by atoms with Crippen molar-refractivity contribution in [1.82, 2.24) is 9.80 Å². The number of benzene rings is 2. The van der Waals surface area contributed by atoms with Gasteiger partial charge < -0.3 is 24.4 Å². The first-order chi connectivity index (χ1) is 17.8. The number of aliphatic hydroxyl groups excluding tert-OH is 1. The molecule has 4 rings (SSSR count). The standard InChI is InChI=1S/C29H35N3O5/c1-5-16-37-23-10-11-24(20(2)19-23)27(33)25-26(21-6-8-22(9-7-21)30(3)4)32(29(35)28(25)34)13-12-31-14-17-36-18-15-31/h5-11,19,26,33H,1,12-18H2,2-4H3/b27-25+. The van der Waals surface area contributed by atoms with Crippen molar-refractivity contribution in [2.75, 3.05) is 65.0 Å². The van der Waals surface area contributed by atoms with Gasteiger partial charge in [0.05, 0.1) is 24.8 Å². The average molecular weight is 506 g/mol. The van der Waals surface area contributed by atoms with Gasteiger partial charge >= 0.3 is 0 Å². The van der Waals surface area contributed by atoms with E-state index in [0.29, 0.717) is 44.2 Å². The molecule has 0 aliphatic carbocycles. The normalized spacial score (nSPS) is 19.8. The molecule has 1 unspecified atom stereocenters. The minimum absolute atomic E-state index is 0.104. The third-order valence-corrected chi connectivity index (χ3v) is 6.85. The van der Waals surface area contributed by atoms with E-state index in [1.54, 1.807) is 29.2 Å². The van der Waals surface area contributed by atoms with Gasteiger partial charge in [0.2, 0.25) is 0 Å². The van der Waals surface area contributed by atoms with Crippen LogP contribution in [0.3, 0.4) is 0 Å². The maximum Gasteiger partial charge on any atom is 0.295 e. The van der Waals surface area contributed by atoms with Crippen molar-refractivity contribution in [3.63, 3.8) is 0 Å². The average Bonchev–Trinajstić information content (AvgIpc) is 3.16. The zero-order valence-electron chi connectivity index (χ0n) is 21.8. The predicted octanol–water partition coefficient (Wildman–Crippen LogP) is 3.38. The number of aliphatic hydroxyl groups is 1. The van der Waals surface area contributed by atoms with Crippen LogP contribution in [0.5, 0.6) is 5.75 Å². The van der Waals surface area contributed by atoms with Crippen LogP contribution >= 0.6 is 0 Å². The number of ketones is 1. The van der Waals surface area contributed by atoms with Gasteiger partial charge in [-0.2, -0.15) is 0 Å². The molecule has 2 aliphatic heterocycles. The molecule has 2 fully saturated rings. The van der Waals surface area contributed by atoms with E-state index in [0.717, 1.165) is 29.9 Å². The maximum atomic E-state index is 13.4. The summed E-state index contributed by atoms with van der Waals surface area (Å²) < 4.78 is 11.0. The van der Waals surface area contributed by atoms with Crippen LogP contribution in [0, 0.1) is 6.92 Å². The minimum atomic E-state index is -0.687. The van der Waals surface area contributed by atoms with Gasteiger partial charge in [-0.15, -0.1) is 0 Å². The molecule has 8 heteroatoms. The van der Waals surface area contributed by atoms with E-state index in [1.807, 2.05) is 50.2 Å². The molecule has 0 spiro atoms. The summed E-state index contributed by atoms with van der Waals surface area (Å²) in [6.45, 7) is 9.72. The summed E-state index contributed by atoms with van der Waals surface area (Å²) in [6.07, 6.45) is 1.66. The Morgan fingerprint density at radius 1 is 1.14 bits per heavy atom. The molecule has 0 aromatic heterocycles. The SMILES string of the molecule is C=CCOc1ccc(/C(O)=C2\C(=O)C(=O)N(CCN3CCOCC3)C2c2ccc(N(C)C)cc2)c(C)c1. The molecule has 196 valence electrons. The zero-order chi connectivity index (χ0) is 26.5. The van der Waals surface area contributed by atoms with Crippen LogP contribution in [-0.4, -0.2) is 86.7 Å². The molecule has 2 aromatic rings. The van der Waals surface area contributed by atoms with E-state index < -0.39 is 17.7 Å². The monoisotopic (exact) mass is 505 g/mol. The fourth-order valence-electron chi connectivity index (χ4n) is 4.78. The minimum Gasteiger partial charge on any atom is -0.507 e. The van der Waals surface area contributed by atoms with Gasteiger partial charge in [0, 0.05) is 51.5 Å². The number of carbonyl (C=O) groups is 2. The van der Waals surface area contributed by atoms with Gasteiger partial charge in [-0.25, -0.2) is 0 Å². The summed E-state index contributed by atoms with van der Waals surface area (Å²) >= 11 is 0. The second kappa shape index (κ2) is 11.6. The summed E-state index contributed by atoms with van der Waals surface area (Å²) in [6, 6.07) is 12.3. The summed E-state index contributed by atoms with van der Waals surface area (Å²) in [7, 11) is 3.91. The van der Waals surface area contributed by atoms with E-state index in [-0.39, 0.29) is 11.3 Å². The van der Waals surface area contributed by atoms with E-state index in [4.69, 9.17) is 9.47 Å². The number of Topliss-reactive ketones (excluding diaryl/α,β-unsaturated/α-hetero) is 1. The Labute approximate surface area is 218 Å². The number of amides is 1. The Bertz CT molecular complexity index is 1180. The lowest BCUT2D eigenvalue weighted by Gasteiger charge is -2.31. The van der Waals surface area contributed by atoms with Gasteiger partial charge in [0.1, 0.15) is 18.1 Å². The van der Waals surface area contributed by atoms with Crippen LogP contribution in [0.25, 0.3) is 5.76 Å². The molecule has 1 amide bonds. The van der Waals surface area contributed by atoms with Crippen molar-refractivity contribution in [1.29, 1.82) is 0 Å². The highest BCUT2D eigenvalue weighted by atomic mass is 16.5. The van der Waals surface area contributed by atoms with Crippen molar-refractivity contribution in [3.05, 3.63) is 77.4 Å². The second-order valence-electron chi connectivity index (χ2n) is 9.51. The molecule has 1 atom stereocenters. The number of morpholine rings is 1. The molecule has 2 aromatic carbocycles. The summed E-state index contributed by atoms with van der Waals surface area (Å²) in [5.41, 5.74) is 3.11. The van der Waals surface area contributed by atoms with Gasteiger partial charge in [0.15, 0.2) is 0 Å². The van der Waals surface area contributed by atoms with Gasteiger partial charge in [-0.1, -0.05) is 24.8 Å². The van der Waals surface area contributed by atoms with Gasteiger partial charge in [-0.3, -0.25) is 14.5 Å². The molecule has 37 heavy (non-hydrogen) atoms. The quantitative estimate of drug-likeness (QED) is 0.242. The molecule has 8 nitrogen and oxygen atoms in total. The molecule has 1 N–H and O–H groups in total. The van der Waals surface area contributed by atoms with Crippen LogP contribution in [0.15, 0.2) is 60.7 Å². The number of aryl methyl sites for hydroxylation is 1. The number of anilines is 1. The maximum absolute atomic E-state index is 13.4. The first-order valence-electron chi connectivity index (χ1n) is 12.5. The molecular weight excluding hydrogens is 470 g/mol. The molecule has 0 saturated carbocycles. The van der Waals surface area contributed by atoms with Crippen LogP contribution in [0.4, 0.5) is 5.69 Å². The Kier molecular flexibility index (Phi) is 8.31. The largest absolute Gasteiger partial charge is 0.507 e. The molecule has 2 heterocycles. The molecule has 0 bridgehead atoms. The van der Waals surface area contributed by atoms with Crippen molar-refractivity contribution in [2.24, 2.45) is 0 Å². The fourth-order valence-corrected chi connectivity index (χ4v) is 4.78. The van der Waals surface area contributed by atoms with E-state index in [9.17, 15) is 14.7 Å². The van der Waals surface area contributed by atoms with Crippen molar-refractivity contribution < 1.29 is 24.2 Å². The van der Waals surface area contributed by atoms with Crippen LogP contribution in [-0.2, 0) is 14.3 Å². The predicted molar refractivity (Wildman–Crippen MR) is 144 cm³/mol. The lowest BCUT2D eigenvalue weighted by Crippen LogP contribution is -2.42. The van der Waals surface area contributed by atoms with Crippen LogP contribution in [0.1, 0.15) is 22.7 Å². The lowest BCUT2D eigenvalue weighted by atomic mass is 9.93.